The van der Waals surface area contributed by atoms with Crippen molar-refractivity contribution in [2.24, 2.45) is 47.3 Å². The van der Waals surface area contributed by atoms with Crippen LogP contribution in [0.1, 0.15) is 87.2 Å². The van der Waals surface area contributed by atoms with Crippen molar-refractivity contribution in [2.45, 2.75) is 76.0 Å². The van der Waals surface area contributed by atoms with Gasteiger partial charge in [0.1, 0.15) is 11.2 Å². The van der Waals surface area contributed by atoms with Crippen LogP contribution in [0.15, 0.2) is 138 Å². The topological polar surface area (TPSA) is 13.1 Å². The Kier molecular flexibility index (Phi) is 7.06. The van der Waals surface area contributed by atoms with Gasteiger partial charge in [-0.2, -0.15) is 0 Å². The predicted octanol–water partition coefficient (Wildman–Crippen LogP) is 16.6. The van der Waals surface area contributed by atoms with Gasteiger partial charge in [0.2, 0.25) is 0 Å². The van der Waals surface area contributed by atoms with E-state index >= 15 is 0 Å². The van der Waals surface area contributed by atoms with Crippen LogP contribution in [0.5, 0.6) is 0 Å². The van der Waals surface area contributed by atoms with E-state index in [0.717, 1.165) is 58.5 Å². The first-order chi connectivity index (χ1) is 30.2. The Balaban J connectivity index is 0.926. The summed E-state index contributed by atoms with van der Waals surface area (Å²) >= 11 is 0. The SMILES string of the molecule is c1ccc2c(C3C4CC5CC(C4)CC3C5)c3ccccc3c(-c3ccc4oc5c(-c6c7ccccc7c(C7C8CC9CC(C8)CC7C9)c7ccccc67)cccc5c4c3)c2c1. The van der Waals surface area contributed by atoms with E-state index in [2.05, 4.69) is 133 Å². The minimum atomic E-state index is 0.658. The van der Waals surface area contributed by atoms with E-state index in [1.165, 1.54) is 140 Å². The van der Waals surface area contributed by atoms with Gasteiger partial charge in [-0.15, -0.1) is 0 Å². The van der Waals surface area contributed by atoms with Crippen LogP contribution in [0.2, 0.25) is 0 Å². The number of furan rings is 1. The van der Waals surface area contributed by atoms with Gasteiger partial charge >= 0.3 is 0 Å². The highest BCUT2D eigenvalue weighted by molar-refractivity contribution is 6.21. The maximum absolute atomic E-state index is 7.08. The van der Waals surface area contributed by atoms with Crippen LogP contribution in [-0.2, 0) is 0 Å². The molecule has 8 fully saturated rings. The molecule has 1 aromatic heterocycles. The third-order valence-corrected chi connectivity index (χ3v) is 18.1. The number of rotatable bonds is 4. The van der Waals surface area contributed by atoms with Gasteiger partial charge in [-0.1, -0.05) is 121 Å². The fourth-order valence-electron chi connectivity index (χ4n) is 16.6. The van der Waals surface area contributed by atoms with E-state index in [1.807, 2.05) is 0 Å². The molecule has 0 unspecified atom stereocenters. The number of hydrogen-bond donors (Lipinski definition) is 0. The van der Waals surface area contributed by atoms with Gasteiger partial charge in [-0.05, 0) is 201 Å². The molecule has 1 nitrogen and oxygen atoms in total. The number of benzene rings is 8. The van der Waals surface area contributed by atoms with Crippen molar-refractivity contribution < 1.29 is 4.42 Å². The van der Waals surface area contributed by atoms with Crippen LogP contribution in [0, 0.1) is 47.3 Å². The Morgan fingerprint density at radius 1 is 0.328 bits per heavy atom. The minimum Gasteiger partial charge on any atom is -0.455 e. The summed E-state index contributed by atoms with van der Waals surface area (Å²) in [5, 5.41) is 13.8. The highest BCUT2D eigenvalue weighted by Gasteiger charge is 2.51. The summed E-state index contributed by atoms with van der Waals surface area (Å²) in [7, 11) is 0. The van der Waals surface area contributed by atoms with E-state index < -0.39 is 0 Å². The maximum atomic E-state index is 7.08. The van der Waals surface area contributed by atoms with E-state index in [-0.39, 0.29) is 0 Å². The lowest BCUT2D eigenvalue weighted by Crippen LogP contribution is -2.43. The molecule has 0 radical (unpaired) electrons. The maximum Gasteiger partial charge on any atom is 0.143 e. The Morgan fingerprint density at radius 2 is 0.721 bits per heavy atom. The normalized spacial score (nSPS) is 30.0. The zero-order chi connectivity index (χ0) is 39.5. The molecule has 8 aliphatic rings. The summed E-state index contributed by atoms with van der Waals surface area (Å²) in [5.74, 6) is 8.51. The summed E-state index contributed by atoms with van der Waals surface area (Å²) in [6.45, 7) is 0. The molecule has 8 aromatic carbocycles. The van der Waals surface area contributed by atoms with E-state index in [1.54, 1.807) is 11.1 Å². The average Bonchev–Trinajstić information content (AvgIpc) is 3.66. The zero-order valence-electron chi connectivity index (χ0n) is 35.0. The van der Waals surface area contributed by atoms with Crippen molar-refractivity contribution in [1.29, 1.82) is 0 Å². The van der Waals surface area contributed by atoms with E-state index in [0.29, 0.717) is 11.8 Å². The van der Waals surface area contributed by atoms with Crippen LogP contribution >= 0.6 is 0 Å². The first-order valence-corrected chi connectivity index (χ1v) is 24.0. The van der Waals surface area contributed by atoms with E-state index in [4.69, 9.17) is 4.42 Å². The Labute approximate surface area is 358 Å². The van der Waals surface area contributed by atoms with Gasteiger partial charge in [0.15, 0.2) is 0 Å². The first-order valence-electron chi connectivity index (χ1n) is 24.0. The van der Waals surface area contributed by atoms with Crippen molar-refractivity contribution in [3.8, 4) is 22.3 Å². The molecule has 17 rings (SSSR count). The van der Waals surface area contributed by atoms with Gasteiger partial charge in [-0.3, -0.25) is 0 Å². The van der Waals surface area contributed by atoms with Gasteiger partial charge in [0.05, 0.1) is 0 Å². The van der Waals surface area contributed by atoms with Crippen LogP contribution < -0.4 is 0 Å². The van der Waals surface area contributed by atoms with Crippen molar-refractivity contribution in [3.05, 3.63) is 145 Å². The molecule has 9 aromatic rings. The molecule has 1 heterocycles. The van der Waals surface area contributed by atoms with Gasteiger partial charge in [0.25, 0.3) is 0 Å². The molecule has 61 heavy (non-hydrogen) atoms. The molecular weight excluding hydrogens is 737 g/mol. The third kappa shape index (κ3) is 4.79. The quantitative estimate of drug-likeness (QED) is 0.162. The highest BCUT2D eigenvalue weighted by atomic mass is 16.3. The largest absolute Gasteiger partial charge is 0.455 e. The fraction of sp³-hybridized carbons (Fsp3) is 0.333. The summed E-state index contributed by atoms with van der Waals surface area (Å²) in [6, 6.07) is 51.6. The molecule has 8 bridgehead atoms. The smallest absolute Gasteiger partial charge is 0.143 e. The Bertz CT molecular complexity index is 3140. The highest BCUT2D eigenvalue weighted by Crippen LogP contribution is 2.63. The van der Waals surface area contributed by atoms with Crippen LogP contribution in [-0.4, -0.2) is 0 Å². The number of hydrogen-bond acceptors (Lipinski definition) is 1. The zero-order valence-corrected chi connectivity index (χ0v) is 35.0. The van der Waals surface area contributed by atoms with Crippen molar-refractivity contribution >= 4 is 65.0 Å². The minimum absolute atomic E-state index is 0.658. The number of para-hydroxylation sites is 1. The summed E-state index contributed by atoms with van der Waals surface area (Å²) in [5.41, 5.74) is 10.4. The third-order valence-electron chi connectivity index (χ3n) is 18.1. The second-order valence-electron chi connectivity index (χ2n) is 21.2. The second-order valence-corrected chi connectivity index (χ2v) is 21.2. The Morgan fingerprint density at radius 3 is 1.16 bits per heavy atom. The summed E-state index contributed by atoms with van der Waals surface area (Å²) in [4.78, 5) is 0. The molecular formula is C60H52O. The summed E-state index contributed by atoms with van der Waals surface area (Å²) < 4.78 is 7.08. The molecule has 8 saturated carbocycles. The van der Waals surface area contributed by atoms with Crippen LogP contribution in [0.3, 0.4) is 0 Å². The molecule has 0 amide bonds. The average molecular weight is 789 g/mol. The van der Waals surface area contributed by atoms with Crippen molar-refractivity contribution in [2.75, 3.05) is 0 Å². The molecule has 1 heteroatoms. The van der Waals surface area contributed by atoms with E-state index in [9.17, 15) is 0 Å². The Hall–Kier alpha value is -5.40. The fourth-order valence-corrected chi connectivity index (χ4v) is 16.6. The lowest BCUT2D eigenvalue weighted by Gasteiger charge is -2.55. The molecule has 0 spiro atoms. The van der Waals surface area contributed by atoms with Crippen molar-refractivity contribution in [3.63, 3.8) is 0 Å². The predicted molar refractivity (Wildman–Crippen MR) is 254 cm³/mol. The molecule has 0 saturated heterocycles. The van der Waals surface area contributed by atoms with Crippen LogP contribution in [0.25, 0.3) is 87.3 Å². The number of fused-ring (bicyclic) bond motifs is 7. The lowest BCUT2D eigenvalue weighted by atomic mass is 9.50. The van der Waals surface area contributed by atoms with Gasteiger partial charge < -0.3 is 4.42 Å². The second kappa shape index (κ2) is 12.6. The standard InChI is InChI=1S/C60H52O/c1-5-14-46-42(10-1)56(43-11-2-6-15-47(43)58(46)54-38-24-33-22-34(26-38)27-39(54)25-33)37-20-21-53-52(32-37)50-18-9-19-51(60(50)61-53)57-44-12-3-7-16-48(44)59(49-17-8-4-13-45(49)57)55-40-28-35-23-36(30-40)31-41(55)29-35/h1-21,32-36,38-41,54-55H,22-31H2. The van der Waals surface area contributed by atoms with Gasteiger partial charge in [-0.25, -0.2) is 0 Å². The molecule has 0 aliphatic heterocycles. The monoisotopic (exact) mass is 788 g/mol. The van der Waals surface area contributed by atoms with Crippen molar-refractivity contribution in [1.82, 2.24) is 0 Å². The van der Waals surface area contributed by atoms with Crippen LogP contribution in [0.4, 0.5) is 0 Å². The first kappa shape index (κ1) is 34.2. The lowest BCUT2D eigenvalue weighted by molar-refractivity contribution is -0.00191. The molecule has 8 aliphatic carbocycles. The molecule has 0 N–H and O–H groups in total. The molecule has 298 valence electrons. The summed E-state index contributed by atoms with van der Waals surface area (Å²) in [6.07, 6.45) is 14.5. The van der Waals surface area contributed by atoms with Gasteiger partial charge in [0, 0.05) is 21.9 Å². The molecule has 0 atom stereocenters.